The third-order valence-electron chi connectivity index (χ3n) is 3.41. The molecular formula is C14H24N4O2. The van der Waals surface area contributed by atoms with Gasteiger partial charge in [0.15, 0.2) is 0 Å². The Bertz CT molecular complexity index is 505. The maximum absolute atomic E-state index is 12.5. The number of hydrogen-bond donors (Lipinski definition) is 0. The summed E-state index contributed by atoms with van der Waals surface area (Å²) in [6, 6.07) is 1.28. The van der Waals surface area contributed by atoms with Gasteiger partial charge < -0.3 is 9.80 Å². The van der Waals surface area contributed by atoms with Crippen LogP contribution in [0.2, 0.25) is 0 Å². The molecule has 0 radical (unpaired) electrons. The van der Waals surface area contributed by atoms with E-state index in [0.717, 1.165) is 5.69 Å². The van der Waals surface area contributed by atoms with Crippen molar-refractivity contribution < 1.29 is 9.59 Å². The highest BCUT2D eigenvalue weighted by molar-refractivity contribution is 5.96. The van der Waals surface area contributed by atoms with Crippen molar-refractivity contribution in [2.24, 2.45) is 7.05 Å². The Balaban J connectivity index is 2.97. The fourth-order valence-electron chi connectivity index (χ4n) is 1.87. The predicted molar refractivity (Wildman–Crippen MR) is 77.5 cm³/mol. The molecule has 6 nitrogen and oxygen atoms in total. The van der Waals surface area contributed by atoms with Crippen LogP contribution in [0.5, 0.6) is 0 Å². The molecule has 0 aliphatic rings. The van der Waals surface area contributed by atoms with Crippen molar-refractivity contribution in [3.8, 4) is 0 Å². The molecule has 1 rings (SSSR count). The highest BCUT2D eigenvalue weighted by Crippen LogP contribution is 2.15. The number of likely N-dealkylation sites (N-methyl/N-ethyl adjacent to an activating group) is 2. The summed E-state index contributed by atoms with van der Waals surface area (Å²) in [6.45, 7) is 5.77. The van der Waals surface area contributed by atoms with E-state index >= 15 is 0 Å². The molecule has 1 atom stereocenters. The van der Waals surface area contributed by atoms with Crippen LogP contribution in [-0.2, 0) is 11.8 Å². The molecule has 0 aromatic carbocycles. The summed E-state index contributed by atoms with van der Waals surface area (Å²) in [6.07, 6.45) is 0. The van der Waals surface area contributed by atoms with Crippen molar-refractivity contribution in [1.29, 1.82) is 0 Å². The van der Waals surface area contributed by atoms with Gasteiger partial charge in [-0.1, -0.05) is 13.8 Å². The molecule has 0 spiro atoms. The number of nitrogens with zero attached hydrogens (tertiary/aromatic N) is 4. The van der Waals surface area contributed by atoms with Gasteiger partial charge in [-0.2, -0.15) is 5.10 Å². The minimum Gasteiger partial charge on any atom is -0.347 e. The maximum Gasteiger partial charge on any atom is 0.272 e. The normalized spacial score (nSPS) is 12.4. The van der Waals surface area contributed by atoms with Crippen molar-refractivity contribution in [2.75, 3.05) is 21.1 Å². The Morgan fingerprint density at radius 3 is 2.15 bits per heavy atom. The zero-order valence-electron chi connectivity index (χ0n) is 13.3. The molecule has 0 N–H and O–H groups in total. The first kappa shape index (κ1) is 16.2. The van der Waals surface area contributed by atoms with E-state index in [9.17, 15) is 9.59 Å². The van der Waals surface area contributed by atoms with Gasteiger partial charge >= 0.3 is 0 Å². The van der Waals surface area contributed by atoms with Crippen LogP contribution in [-0.4, -0.2) is 58.6 Å². The molecule has 0 fully saturated rings. The third kappa shape index (κ3) is 3.18. The molecule has 112 valence electrons. The number of carbonyl (C=O) groups is 2. The summed E-state index contributed by atoms with van der Waals surface area (Å²) in [5.41, 5.74) is 1.37. The van der Waals surface area contributed by atoms with E-state index in [1.54, 1.807) is 45.9 Å². The Labute approximate surface area is 120 Å². The lowest BCUT2D eigenvalue weighted by Crippen LogP contribution is -2.45. The molecule has 6 heteroatoms. The average molecular weight is 280 g/mol. The summed E-state index contributed by atoms with van der Waals surface area (Å²) in [5.74, 6) is -0.0458. The zero-order chi connectivity index (χ0) is 15.6. The second kappa shape index (κ2) is 6.07. The SMILES string of the molecule is CC(C)c1cc(C(=O)N(C)C(C)C(=O)N(C)C)n(C)n1. The van der Waals surface area contributed by atoms with E-state index in [-0.39, 0.29) is 17.7 Å². The molecule has 2 amide bonds. The van der Waals surface area contributed by atoms with Crippen molar-refractivity contribution >= 4 is 11.8 Å². The Hall–Kier alpha value is -1.85. The first-order valence-electron chi connectivity index (χ1n) is 6.69. The highest BCUT2D eigenvalue weighted by Gasteiger charge is 2.26. The van der Waals surface area contributed by atoms with Crippen molar-refractivity contribution in [3.05, 3.63) is 17.5 Å². The topological polar surface area (TPSA) is 58.4 Å². The fourth-order valence-corrected chi connectivity index (χ4v) is 1.87. The monoisotopic (exact) mass is 280 g/mol. The van der Waals surface area contributed by atoms with Crippen LogP contribution in [0.4, 0.5) is 0 Å². The van der Waals surface area contributed by atoms with Gasteiger partial charge in [0.05, 0.1) is 5.69 Å². The Kier molecular flexibility index (Phi) is 4.92. The predicted octanol–water partition coefficient (Wildman–Crippen LogP) is 1.09. The molecule has 0 bridgehead atoms. The highest BCUT2D eigenvalue weighted by atomic mass is 16.2. The molecule has 0 saturated carbocycles. The summed E-state index contributed by atoms with van der Waals surface area (Å²) < 4.78 is 1.57. The smallest absolute Gasteiger partial charge is 0.272 e. The van der Waals surface area contributed by atoms with Gasteiger partial charge in [0, 0.05) is 28.2 Å². The summed E-state index contributed by atoms with van der Waals surface area (Å²) >= 11 is 0. The van der Waals surface area contributed by atoms with Crippen LogP contribution < -0.4 is 0 Å². The van der Waals surface area contributed by atoms with E-state index in [2.05, 4.69) is 5.10 Å². The molecule has 0 aliphatic carbocycles. The number of rotatable bonds is 4. The average Bonchev–Trinajstić information content (AvgIpc) is 2.77. The van der Waals surface area contributed by atoms with Crippen molar-refractivity contribution in [3.63, 3.8) is 0 Å². The molecule has 1 aromatic rings. The number of hydrogen-bond acceptors (Lipinski definition) is 3. The van der Waals surface area contributed by atoms with Crippen molar-refractivity contribution in [2.45, 2.75) is 32.7 Å². The molecule has 1 aromatic heterocycles. The third-order valence-corrected chi connectivity index (χ3v) is 3.41. The lowest BCUT2D eigenvalue weighted by molar-refractivity contribution is -0.132. The van der Waals surface area contributed by atoms with Gasteiger partial charge in [-0.15, -0.1) is 0 Å². The standard InChI is InChI=1S/C14H24N4O2/c1-9(2)11-8-12(18(7)15-11)14(20)17(6)10(3)13(19)16(4)5/h8-10H,1-7H3. The van der Waals surface area contributed by atoms with E-state index in [4.69, 9.17) is 0 Å². The molecule has 1 heterocycles. The Morgan fingerprint density at radius 1 is 1.20 bits per heavy atom. The number of amides is 2. The minimum absolute atomic E-state index is 0.105. The van der Waals surface area contributed by atoms with Gasteiger partial charge in [-0.05, 0) is 18.9 Å². The van der Waals surface area contributed by atoms with Crippen LogP contribution in [0.1, 0.15) is 42.9 Å². The molecule has 0 aliphatic heterocycles. The lowest BCUT2D eigenvalue weighted by atomic mass is 10.1. The maximum atomic E-state index is 12.5. The van der Waals surface area contributed by atoms with Crippen LogP contribution in [0.15, 0.2) is 6.07 Å². The molecular weight excluding hydrogens is 256 g/mol. The minimum atomic E-state index is -0.505. The van der Waals surface area contributed by atoms with Gasteiger partial charge in [-0.3, -0.25) is 14.3 Å². The molecule has 20 heavy (non-hydrogen) atoms. The van der Waals surface area contributed by atoms with Gasteiger partial charge in [0.2, 0.25) is 5.91 Å². The van der Waals surface area contributed by atoms with E-state index in [1.165, 1.54) is 9.80 Å². The van der Waals surface area contributed by atoms with Crippen LogP contribution in [0.25, 0.3) is 0 Å². The van der Waals surface area contributed by atoms with Crippen LogP contribution in [0, 0.1) is 0 Å². The van der Waals surface area contributed by atoms with E-state index < -0.39 is 6.04 Å². The zero-order valence-corrected chi connectivity index (χ0v) is 13.3. The number of aromatic nitrogens is 2. The number of carbonyl (C=O) groups excluding carboxylic acids is 2. The lowest BCUT2D eigenvalue weighted by Gasteiger charge is -2.26. The number of aryl methyl sites for hydroxylation is 1. The first-order valence-corrected chi connectivity index (χ1v) is 6.69. The second-order valence-corrected chi connectivity index (χ2v) is 5.56. The van der Waals surface area contributed by atoms with Crippen LogP contribution >= 0.6 is 0 Å². The summed E-state index contributed by atoms with van der Waals surface area (Å²) in [5, 5.41) is 4.33. The van der Waals surface area contributed by atoms with Crippen molar-refractivity contribution in [1.82, 2.24) is 19.6 Å². The second-order valence-electron chi connectivity index (χ2n) is 5.56. The fraction of sp³-hybridized carbons (Fsp3) is 0.643. The van der Waals surface area contributed by atoms with Gasteiger partial charge in [0.25, 0.3) is 5.91 Å². The molecule has 1 unspecified atom stereocenters. The van der Waals surface area contributed by atoms with E-state index in [1.807, 2.05) is 13.8 Å². The van der Waals surface area contributed by atoms with Gasteiger partial charge in [-0.25, -0.2) is 0 Å². The first-order chi connectivity index (χ1) is 9.16. The van der Waals surface area contributed by atoms with Crippen LogP contribution in [0.3, 0.4) is 0 Å². The summed E-state index contributed by atoms with van der Waals surface area (Å²) in [4.78, 5) is 27.3. The molecule has 0 saturated heterocycles. The Morgan fingerprint density at radius 2 is 1.75 bits per heavy atom. The summed E-state index contributed by atoms with van der Waals surface area (Å²) in [7, 11) is 6.73. The van der Waals surface area contributed by atoms with E-state index in [0.29, 0.717) is 5.69 Å². The van der Waals surface area contributed by atoms with Gasteiger partial charge in [0.1, 0.15) is 11.7 Å². The largest absolute Gasteiger partial charge is 0.347 e. The quantitative estimate of drug-likeness (QED) is 0.829.